The lowest BCUT2D eigenvalue weighted by Gasteiger charge is -2.19. The zero-order chi connectivity index (χ0) is 18.5. The molecule has 1 aliphatic heterocycles. The molecular formula is C21H29N5O. The second-order valence-electron chi connectivity index (χ2n) is 7.82. The molecule has 3 heterocycles. The Morgan fingerprint density at radius 3 is 2.93 bits per heavy atom. The largest absolute Gasteiger partial charge is 0.353 e. The van der Waals surface area contributed by atoms with Gasteiger partial charge in [-0.05, 0) is 37.0 Å². The number of fused-ring (bicyclic) bond motifs is 1. The summed E-state index contributed by atoms with van der Waals surface area (Å²) in [5, 5.41) is 7.92. The smallest absolute Gasteiger partial charge is 0.220 e. The van der Waals surface area contributed by atoms with E-state index in [0.29, 0.717) is 12.5 Å². The third-order valence-corrected chi connectivity index (χ3v) is 5.60. The Morgan fingerprint density at radius 1 is 1.22 bits per heavy atom. The van der Waals surface area contributed by atoms with Gasteiger partial charge < -0.3 is 5.32 Å². The molecule has 0 bridgehead atoms. The van der Waals surface area contributed by atoms with Crippen molar-refractivity contribution in [3.05, 3.63) is 47.5 Å². The van der Waals surface area contributed by atoms with Gasteiger partial charge in [-0.2, -0.15) is 5.10 Å². The van der Waals surface area contributed by atoms with Gasteiger partial charge in [-0.1, -0.05) is 18.9 Å². The molecule has 0 spiro atoms. The number of aromatic nitrogens is 3. The second kappa shape index (κ2) is 8.65. The molecule has 2 aliphatic rings. The Kier molecular flexibility index (Phi) is 5.82. The molecule has 0 aromatic carbocycles. The molecule has 0 saturated heterocycles. The summed E-state index contributed by atoms with van der Waals surface area (Å²) in [7, 11) is 0. The maximum absolute atomic E-state index is 12.2. The quantitative estimate of drug-likeness (QED) is 0.853. The molecule has 4 rings (SSSR count). The van der Waals surface area contributed by atoms with Crippen LogP contribution in [0, 0.1) is 0 Å². The molecule has 1 amide bonds. The van der Waals surface area contributed by atoms with Crippen LogP contribution in [0.1, 0.15) is 55.5 Å². The van der Waals surface area contributed by atoms with Gasteiger partial charge in [0.25, 0.3) is 0 Å². The number of rotatable bonds is 6. The lowest BCUT2D eigenvalue weighted by molar-refractivity contribution is -0.121. The van der Waals surface area contributed by atoms with Crippen molar-refractivity contribution in [3.63, 3.8) is 0 Å². The van der Waals surface area contributed by atoms with E-state index in [2.05, 4.69) is 32.0 Å². The van der Waals surface area contributed by atoms with E-state index >= 15 is 0 Å². The first kappa shape index (κ1) is 18.2. The first-order valence-corrected chi connectivity index (χ1v) is 10.2. The van der Waals surface area contributed by atoms with E-state index in [-0.39, 0.29) is 5.91 Å². The first-order valence-electron chi connectivity index (χ1n) is 10.2. The standard InChI is InChI=1S/C21H29N5O/c27-21(23-18-6-1-2-7-18)9-8-19-13-20-16-25(11-4-12-26(20)24-19)15-17-5-3-10-22-14-17/h3,5,10,13-14,18H,1-2,4,6-9,11-12,15-16H2,(H,23,27). The van der Waals surface area contributed by atoms with Gasteiger partial charge in [-0.15, -0.1) is 0 Å². The Bertz CT molecular complexity index is 751. The molecular weight excluding hydrogens is 338 g/mol. The Labute approximate surface area is 161 Å². The number of aryl methyl sites for hydroxylation is 2. The van der Waals surface area contributed by atoms with Crippen LogP contribution in [0.4, 0.5) is 0 Å². The average molecular weight is 367 g/mol. The van der Waals surface area contributed by atoms with E-state index in [4.69, 9.17) is 5.10 Å². The van der Waals surface area contributed by atoms with Crippen LogP contribution < -0.4 is 5.32 Å². The van der Waals surface area contributed by atoms with Crippen LogP contribution in [0.3, 0.4) is 0 Å². The summed E-state index contributed by atoms with van der Waals surface area (Å²) in [6, 6.07) is 6.71. The van der Waals surface area contributed by atoms with Crippen molar-refractivity contribution in [2.45, 2.75) is 70.6 Å². The molecule has 0 radical (unpaired) electrons. The van der Waals surface area contributed by atoms with Crippen LogP contribution in [-0.2, 0) is 30.8 Å². The molecule has 2 aromatic heterocycles. The maximum Gasteiger partial charge on any atom is 0.220 e. The number of hydrogen-bond acceptors (Lipinski definition) is 4. The van der Waals surface area contributed by atoms with Crippen LogP contribution >= 0.6 is 0 Å². The van der Waals surface area contributed by atoms with Gasteiger partial charge in [0.2, 0.25) is 5.91 Å². The second-order valence-corrected chi connectivity index (χ2v) is 7.82. The van der Waals surface area contributed by atoms with Gasteiger partial charge in [-0.3, -0.25) is 19.4 Å². The first-order chi connectivity index (χ1) is 13.3. The fourth-order valence-corrected chi connectivity index (χ4v) is 4.21. The zero-order valence-electron chi connectivity index (χ0n) is 15.9. The van der Waals surface area contributed by atoms with Gasteiger partial charge in [0.05, 0.1) is 11.4 Å². The van der Waals surface area contributed by atoms with Crippen molar-refractivity contribution in [1.29, 1.82) is 0 Å². The van der Waals surface area contributed by atoms with Gasteiger partial charge >= 0.3 is 0 Å². The highest BCUT2D eigenvalue weighted by molar-refractivity contribution is 5.76. The molecule has 2 aromatic rings. The third-order valence-electron chi connectivity index (χ3n) is 5.60. The molecule has 1 fully saturated rings. The Hall–Kier alpha value is -2.21. The maximum atomic E-state index is 12.2. The van der Waals surface area contributed by atoms with Crippen molar-refractivity contribution < 1.29 is 4.79 Å². The minimum Gasteiger partial charge on any atom is -0.353 e. The van der Waals surface area contributed by atoms with Gasteiger partial charge in [0.15, 0.2) is 0 Å². The summed E-state index contributed by atoms with van der Waals surface area (Å²) < 4.78 is 2.13. The Morgan fingerprint density at radius 2 is 2.11 bits per heavy atom. The highest BCUT2D eigenvalue weighted by Crippen LogP contribution is 2.19. The van der Waals surface area contributed by atoms with E-state index in [1.54, 1.807) is 0 Å². The molecule has 1 aliphatic carbocycles. The number of hydrogen-bond donors (Lipinski definition) is 1. The number of pyridine rings is 1. The Balaban J connectivity index is 1.32. The molecule has 6 nitrogen and oxygen atoms in total. The molecule has 6 heteroatoms. The highest BCUT2D eigenvalue weighted by Gasteiger charge is 2.19. The monoisotopic (exact) mass is 367 g/mol. The minimum atomic E-state index is 0.170. The molecule has 0 unspecified atom stereocenters. The lowest BCUT2D eigenvalue weighted by Crippen LogP contribution is -2.32. The summed E-state index contributed by atoms with van der Waals surface area (Å²) in [5.74, 6) is 0.170. The predicted molar refractivity (Wildman–Crippen MR) is 104 cm³/mol. The summed E-state index contributed by atoms with van der Waals surface area (Å²) in [6.45, 7) is 3.83. The average Bonchev–Trinajstić information content (AvgIpc) is 3.27. The van der Waals surface area contributed by atoms with Crippen LogP contribution in [-0.4, -0.2) is 38.2 Å². The van der Waals surface area contributed by atoms with E-state index in [9.17, 15) is 4.79 Å². The summed E-state index contributed by atoms with van der Waals surface area (Å²) in [6.07, 6.45) is 10.9. The molecule has 1 saturated carbocycles. The van der Waals surface area contributed by atoms with Crippen molar-refractivity contribution >= 4 is 5.91 Å². The highest BCUT2D eigenvalue weighted by atomic mass is 16.1. The summed E-state index contributed by atoms with van der Waals surface area (Å²) in [5.41, 5.74) is 3.53. The van der Waals surface area contributed by atoms with E-state index in [0.717, 1.165) is 57.6 Å². The predicted octanol–water partition coefficient (Wildman–Crippen LogP) is 2.68. The van der Waals surface area contributed by atoms with E-state index < -0.39 is 0 Å². The SMILES string of the molecule is O=C(CCc1cc2n(n1)CCCN(Cc1cccnc1)C2)NC1CCCC1. The number of amides is 1. The third kappa shape index (κ3) is 4.95. The molecule has 0 atom stereocenters. The van der Waals surface area contributed by atoms with Crippen LogP contribution in [0.25, 0.3) is 0 Å². The van der Waals surface area contributed by atoms with Crippen LogP contribution in [0.5, 0.6) is 0 Å². The fourth-order valence-electron chi connectivity index (χ4n) is 4.21. The number of nitrogens with one attached hydrogen (secondary N) is 1. The normalized spacial score (nSPS) is 18.2. The number of carbonyl (C=O) groups excluding carboxylic acids is 1. The molecule has 27 heavy (non-hydrogen) atoms. The van der Waals surface area contributed by atoms with Gasteiger partial charge in [0.1, 0.15) is 0 Å². The fraction of sp³-hybridized carbons (Fsp3) is 0.571. The van der Waals surface area contributed by atoms with Gasteiger partial charge in [-0.25, -0.2) is 0 Å². The lowest BCUT2D eigenvalue weighted by atomic mass is 10.2. The minimum absolute atomic E-state index is 0.170. The summed E-state index contributed by atoms with van der Waals surface area (Å²) >= 11 is 0. The van der Waals surface area contributed by atoms with E-state index in [1.807, 2.05) is 18.5 Å². The number of nitrogens with zero attached hydrogens (tertiary/aromatic N) is 4. The van der Waals surface area contributed by atoms with Crippen LogP contribution in [0.15, 0.2) is 30.6 Å². The number of carbonyl (C=O) groups is 1. The topological polar surface area (TPSA) is 63.1 Å². The van der Waals surface area contributed by atoms with Crippen LogP contribution in [0.2, 0.25) is 0 Å². The van der Waals surface area contributed by atoms with Crippen molar-refractivity contribution in [2.75, 3.05) is 6.54 Å². The zero-order valence-corrected chi connectivity index (χ0v) is 15.9. The molecule has 144 valence electrons. The van der Waals surface area contributed by atoms with Crippen molar-refractivity contribution in [2.24, 2.45) is 0 Å². The van der Waals surface area contributed by atoms with Crippen molar-refractivity contribution in [3.8, 4) is 0 Å². The molecule has 1 N–H and O–H groups in total. The summed E-state index contributed by atoms with van der Waals surface area (Å²) in [4.78, 5) is 18.8. The van der Waals surface area contributed by atoms with Gasteiger partial charge in [0, 0.05) is 57.5 Å². The van der Waals surface area contributed by atoms with Crippen molar-refractivity contribution in [1.82, 2.24) is 25.0 Å². The van der Waals surface area contributed by atoms with E-state index in [1.165, 1.54) is 24.1 Å².